The first-order valence-corrected chi connectivity index (χ1v) is 10.7. The van der Waals surface area contributed by atoms with Gasteiger partial charge in [0.15, 0.2) is 0 Å². The standard InChI is InChI=1S/C25H28N2O5/c1-5-32-20-9-7-19(8-10-20)27-23(29)14-18(25(27)31)13-21(17(4)28)24(30)26-22-11-6-15(2)12-16(22)3/h6-12,18,21H,5,13-14H2,1-4H3,(H,26,30). The van der Waals surface area contributed by atoms with Gasteiger partial charge in [-0.2, -0.15) is 0 Å². The van der Waals surface area contributed by atoms with Crippen molar-refractivity contribution < 1.29 is 23.9 Å². The zero-order valence-corrected chi connectivity index (χ0v) is 18.8. The van der Waals surface area contributed by atoms with Crippen LogP contribution < -0.4 is 15.0 Å². The summed E-state index contributed by atoms with van der Waals surface area (Å²) in [5, 5.41) is 2.80. The van der Waals surface area contributed by atoms with Crippen LogP contribution in [0, 0.1) is 25.7 Å². The molecular formula is C25H28N2O5. The highest BCUT2D eigenvalue weighted by Crippen LogP contribution is 2.32. The number of carbonyl (C=O) groups excluding carboxylic acids is 4. The molecule has 1 heterocycles. The molecule has 0 aromatic heterocycles. The molecule has 0 bridgehead atoms. The second-order valence-electron chi connectivity index (χ2n) is 8.10. The lowest BCUT2D eigenvalue weighted by atomic mass is 9.89. The van der Waals surface area contributed by atoms with Crippen LogP contribution in [0.2, 0.25) is 0 Å². The zero-order chi connectivity index (χ0) is 23.4. The number of Topliss-reactive ketones (excluding diaryl/α,β-unsaturated/α-hetero) is 1. The van der Waals surface area contributed by atoms with E-state index < -0.39 is 23.7 Å². The van der Waals surface area contributed by atoms with E-state index in [0.717, 1.165) is 16.0 Å². The van der Waals surface area contributed by atoms with E-state index in [0.29, 0.717) is 23.7 Å². The second-order valence-corrected chi connectivity index (χ2v) is 8.10. The molecule has 0 spiro atoms. The van der Waals surface area contributed by atoms with Gasteiger partial charge in [0.05, 0.1) is 18.2 Å². The predicted molar refractivity (Wildman–Crippen MR) is 122 cm³/mol. The second kappa shape index (κ2) is 9.77. The van der Waals surface area contributed by atoms with Crippen molar-refractivity contribution in [3.05, 3.63) is 53.6 Å². The van der Waals surface area contributed by atoms with Gasteiger partial charge in [-0.3, -0.25) is 24.1 Å². The Morgan fingerprint density at radius 3 is 2.41 bits per heavy atom. The van der Waals surface area contributed by atoms with E-state index in [-0.39, 0.29) is 24.5 Å². The Labute approximate surface area is 187 Å². The van der Waals surface area contributed by atoms with Gasteiger partial charge in [-0.05, 0) is 70.0 Å². The van der Waals surface area contributed by atoms with Gasteiger partial charge in [0.2, 0.25) is 17.7 Å². The van der Waals surface area contributed by atoms with Crippen LogP contribution in [0.3, 0.4) is 0 Å². The number of imide groups is 1. The fraction of sp³-hybridized carbons (Fsp3) is 0.360. The molecule has 1 saturated heterocycles. The number of rotatable bonds is 8. The number of amides is 3. The van der Waals surface area contributed by atoms with Crippen LogP contribution in [0.1, 0.15) is 37.8 Å². The molecular weight excluding hydrogens is 408 g/mol. The van der Waals surface area contributed by atoms with Crippen molar-refractivity contribution in [1.29, 1.82) is 0 Å². The fourth-order valence-electron chi connectivity index (χ4n) is 3.92. The van der Waals surface area contributed by atoms with Gasteiger partial charge in [0.25, 0.3) is 0 Å². The molecule has 1 aliphatic rings. The molecule has 7 nitrogen and oxygen atoms in total. The van der Waals surface area contributed by atoms with Crippen LogP contribution in [0.15, 0.2) is 42.5 Å². The van der Waals surface area contributed by atoms with Gasteiger partial charge in [-0.15, -0.1) is 0 Å². The molecule has 2 aromatic rings. The maximum atomic E-state index is 13.0. The summed E-state index contributed by atoms with van der Waals surface area (Å²) in [5.74, 6) is -2.65. The third-order valence-electron chi connectivity index (χ3n) is 5.61. The van der Waals surface area contributed by atoms with Crippen LogP contribution in [-0.4, -0.2) is 30.1 Å². The highest BCUT2D eigenvalue weighted by Gasteiger charge is 2.42. The van der Waals surface area contributed by atoms with Crippen molar-refractivity contribution >= 4 is 34.9 Å². The minimum atomic E-state index is -1.02. The average Bonchev–Trinajstić information content (AvgIpc) is 3.02. The summed E-state index contributed by atoms with van der Waals surface area (Å²) in [5.41, 5.74) is 3.02. The van der Waals surface area contributed by atoms with E-state index >= 15 is 0 Å². The number of carbonyl (C=O) groups is 4. The number of ether oxygens (including phenoxy) is 1. The highest BCUT2D eigenvalue weighted by molar-refractivity contribution is 6.21. The van der Waals surface area contributed by atoms with E-state index in [1.165, 1.54) is 6.92 Å². The van der Waals surface area contributed by atoms with Crippen molar-refractivity contribution in [2.24, 2.45) is 11.8 Å². The van der Waals surface area contributed by atoms with E-state index in [1.54, 1.807) is 30.3 Å². The Bertz CT molecular complexity index is 1040. The summed E-state index contributed by atoms with van der Waals surface area (Å²) in [6.45, 7) is 7.54. The lowest BCUT2D eigenvalue weighted by Gasteiger charge is -2.19. The lowest BCUT2D eigenvalue weighted by molar-refractivity contribution is -0.131. The molecule has 1 N–H and O–H groups in total. The minimum absolute atomic E-state index is 0.00974. The normalized spacial score (nSPS) is 16.8. The minimum Gasteiger partial charge on any atom is -0.494 e. The van der Waals surface area contributed by atoms with E-state index in [1.807, 2.05) is 32.9 Å². The highest BCUT2D eigenvalue weighted by atomic mass is 16.5. The van der Waals surface area contributed by atoms with E-state index in [9.17, 15) is 19.2 Å². The number of nitrogens with zero attached hydrogens (tertiary/aromatic N) is 1. The molecule has 3 amide bonds. The summed E-state index contributed by atoms with van der Waals surface area (Å²) >= 11 is 0. The molecule has 1 aliphatic heterocycles. The molecule has 0 aliphatic carbocycles. The summed E-state index contributed by atoms with van der Waals surface area (Å²) < 4.78 is 5.40. The molecule has 2 aromatic carbocycles. The van der Waals surface area contributed by atoms with Gasteiger partial charge >= 0.3 is 0 Å². The number of hydrogen-bond donors (Lipinski definition) is 1. The molecule has 2 unspecified atom stereocenters. The first-order chi connectivity index (χ1) is 15.2. The van der Waals surface area contributed by atoms with Crippen LogP contribution in [0.4, 0.5) is 11.4 Å². The third-order valence-corrected chi connectivity index (χ3v) is 5.61. The van der Waals surface area contributed by atoms with Crippen LogP contribution in [0.25, 0.3) is 0 Å². The largest absolute Gasteiger partial charge is 0.494 e. The predicted octanol–water partition coefficient (Wildman–Crippen LogP) is 3.82. The van der Waals surface area contributed by atoms with Gasteiger partial charge in [-0.1, -0.05) is 17.7 Å². The number of hydrogen-bond acceptors (Lipinski definition) is 5. The average molecular weight is 437 g/mol. The van der Waals surface area contributed by atoms with Gasteiger partial charge in [0, 0.05) is 18.0 Å². The summed E-state index contributed by atoms with van der Waals surface area (Å²) in [6.07, 6.45) is -0.0448. The summed E-state index contributed by atoms with van der Waals surface area (Å²) in [4.78, 5) is 51.8. The van der Waals surface area contributed by atoms with Crippen LogP contribution in [-0.2, 0) is 19.2 Å². The maximum absolute atomic E-state index is 13.0. The molecule has 168 valence electrons. The van der Waals surface area contributed by atoms with Gasteiger partial charge in [-0.25, -0.2) is 0 Å². The molecule has 32 heavy (non-hydrogen) atoms. The van der Waals surface area contributed by atoms with Crippen molar-refractivity contribution in [1.82, 2.24) is 0 Å². The number of nitrogens with one attached hydrogen (secondary N) is 1. The van der Waals surface area contributed by atoms with Crippen molar-refractivity contribution in [2.75, 3.05) is 16.8 Å². The monoisotopic (exact) mass is 436 g/mol. The number of anilines is 2. The summed E-state index contributed by atoms with van der Waals surface area (Å²) in [6, 6.07) is 12.3. The van der Waals surface area contributed by atoms with Gasteiger partial charge < -0.3 is 10.1 Å². The van der Waals surface area contributed by atoms with Crippen LogP contribution >= 0.6 is 0 Å². The Morgan fingerprint density at radius 2 is 1.81 bits per heavy atom. The quantitative estimate of drug-likeness (QED) is 0.502. The van der Waals surface area contributed by atoms with Gasteiger partial charge in [0.1, 0.15) is 11.5 Å². The van der Waals surface area contributed by atoms with Crippen molar-refractivity contribution in [2.45, 2.75) is 40.5 Å². The fourth-order valence-corrected chi connectivity index (χ4v) is 3.92. The Kier molecular flexibility index (Phi) is 7.08. The number of aryl methyl sites for hydroxylation is 2. The number of benzene rings is 2. The molecule has 3 rings (SSSR count). The topological polar surface area (TPSA) is 92.8 Å². The smallest absolute Gasteiger partial charge is 0.237 e. The van der Waals surface area contributed by atoms with Crippen molar-refractivity contribution in [3.8, 4) is 5.75 Å². The lowest BCUT2D eigenvalue weighted by Crippen LogP contribution is -2.34. The molecule has 1 fully saturated rings. The van der Waals surface area contributed by atoms with E-state index in [2.05, 4.69) is 5.32 Å². The maximum Gasteiger partial charge on any atom is 0.237 e. The molecule has 0 saturated carbocycles. The molecule has 0 radical (unpaired) electrons. The molecule has 2 atom stereocenters. The first kappa shape index (κ1) is 23.2. The Hall–Kier alpha value is -3.48. The first-order valence-electron chi connectivity index (χ1n) is 10.7. The van der Waals surface area contributed by atoms with E-state index in [4.69, 9.17) is 4.74 Å². The third kappa shape index (κ3) is 5.04. The zero-order valence-electron chi connectivity index (χ0n) is 18.8. The number of ketones is 1. The van der Waals surface area contributed by atoms with Crippen molar-refractivity contribution in [3.63, 3.8) is 0 Å². The summed E-state index contributed by atoms with van der Waals surface area (Å²) in [7, 11) is 0. The molecule has 7 heteroatoms. The SMILES string of the molecule is CCOc1ccc(N2C(=O)CC(CC(C(C)=O)C(=O)Nc3ccc(C)cc3C)C2=O)cc1. The van der Waals surface area contributed by atoms with Crippen LogP contribution in [0.5, 0.6) is 5.75 Å². The Morgan fingerprint density at radius 1 is 1.12 bits per heavy atom. The Balaban J connectivity index is 1.73.